The minimum absolute atomic E-state index is 0.0330. The summed E-state index contributed by atoms with van der Waals surface area (Å²) >= 11 is 6.06. The first-order chi connectivity index (χ1) is 9.15. The summed E-state index contributed by atoms with van der Waals surface area (Å²) in [5.41, 5.74) is 1.54. The van der Waals surface area contributed by atoms with Gasteiger partial charge in [-0.05, 0) is 18.2 Å². The topological polar surface area (TPSA) is 69.2 Å². The van der Waals surface area contributed by atoms with E-state index in [1.807, 2.05) is 6.07 Å². The summed E-state index contributed by atoms with van der Waals surface area (Å²) in [4.78, 5) is 14.5. The molecular weight excluding hydrogens is 268 g/mol. The Morgan fingerprint density at radius 1 is 1.21 bits per heavy atom. The quantitative estimate of drug-likeness (QED) is 0.522. The van der Waals surface area contributed by atoms with Gasteiger partial charge in [-0.3, -0.25) is 10.1 Å². The molecule has 3 aromatic rings. The minimum Gasteiger partial charge on any atom is -0.436 e. The summed E-state index contributed by atoms with van der Waals surface area (Å²) in [6.45, 7) is 0. The number of nitrogens with zero attached hydrogens (tertiary/aromatic N) is 2. The van der Waals surface area contributed by atoms with Crippen molar-refractivity contribution in [3.05, 3.63) is 57.6 Å². The van der Waals surface area contributed by atoms with Crippen molar-refractivity contribution in [3.63, 3.8) is 0 Å². The Hall–Kier alpha value is -2.40. The zero-order valence-corrected chi connectivity index (χ0v) is 10.3. The van der Waals surface area contributed by atoms with E-state index in [1.54, 1.807) is 24.3 Å². The molecule has 0 bridgehead atoms. The summed E-state index contributed by atoms with van der Waals surface area (Å²) in [6, 6.07) is 11.4. The Kier molecular flexibility index (Phi) is 2.68. The molecule has 2 aromatic carbocycles. The third-order valence-electron chi connectivity index (χ3n) is 2.69. The van der Waals surface area contributed by atoms with Crippen LogP contribution in [0, 0.1) is 10.1 Å². The smallest absolute Gasteiger partial charge is 0.273 e. The normalized spacial score (nSPS) is 10.8. The molecule has 5 nitrogen and oxygen atoms in total. The molecule has 0 aliphatic heterocycles. The van der Waals surface area contributed by atoms with Crippen molar-refractivity contribution in [3.8, 4) is 11.5 Å². The van der Waals surface area contributed by atoms with Gasteiger partial charge in [-0.25, -0.2) is 4.98 Å². The Morgan fingerprint density at radius 2 is 2.00 bits per heavy atom. The van der Waals surface area contributed by atoms with Crippen LogP contribution in [0.5, 0.6) is 0 Å². The van der Waals surface area contributed by atoms with Crippen LogP contribution in [0.1, 0.15) is 0 Å². The maximum absolute atomic E-state index is 10.7. The largest absolute Gasteiger partial charge is 0.436 e. The summed E-state index contributed by atoms with van der Waals surface area (Å²) in [5, 5.41) is 11.2. The molecule has 0 unspecified atom stereocenters. The van der Waals surface area contributed by atoms with E-state index in [0.717, 1.165) is 0 Å². The number of fused-ring (bicyclic) bond motifs is 1. The van der Waals surface area contributed by atoms with E-state index in [9.17, 15) is 10.1 Å². The van der Waals surface area contributed by atoms with Gasteiger partial charge in [0.05, 0.1) is 21.6 Å². The summed E-state index contributed by atoms with van der Waals surface area (Å²) in [5.74, 6) is 0.348. The highest BCUT2D eigenvalue weighted by molar-refractivity contribution is 6.33. The third-order valence-corrected chi connectivity index (χ3v) is 3.02. The second-order valence-electron chi connectivity index (χ2n) is 3.91. The molecule has 0 N–H and O–H groups in total. The molecule has 6 heteroatoms. The Morgan fingerprint density at radius 3 is 2.74 bits per heavy atom. The van der Waals surface area contributed by atoms with Gasteiger partial charge in [-0.2, -0.15) is 0 Å². The van der Waals surface area contributed by atoms with Crippen LogP contribution in [0.2, 0.25) is 5.02 Å². The fourth-order valence-corrected chi connectivity index (χ4v) is 1.99. The van der Waals surface area contributed by atoms with Gasteiger partial charge in [0.15, 0.2) is 5.58 Å². The molecule has 19 heavy (non-hydrogen) atoms. The van der Waals surface area contributed by atoms with E-state index < -0.39 is 4.92 Å². The molecule has 0 fully saturated rings. The first-order valence-electron chi connectivity index (χ1n) is 5.45. The monoisotopic (exact) mass is 274 g/mol. The maximum atomic E-state index is 10.7. The van der Waals surface area contributed by atoms with Gasteiger partial charge in [0.2, 0.25) is 5.89 Å². The average Bonchev–Trinajstić information content (AvgIpc) is 2.81. The van der Waals surface area contributed by atoms with Crippen molar-refractivity contribution in [2.24, 2.45) is 0 Å². The summed E-state index contributed by atoms with van der Waals surface area (Å²) in [6.07, 6.45) is 0. The lowest BCUT2D eigenvalue weighted by Gasteiger charge is -1.96. The van der Waals surface area contributed by atoms with Crippen molar-refractivity contribution in [1.29, 1.82) is 0 Å². The summed E-state index contributed by atoms with van der Waals surface area (Å²) < 4.78 is 5.53. The molecule has 0 atom stereocenters. The van der Waals surface area contributed by atoms with E-state index in [1.165, 1.54) is 12.1 Å². The molecule has 0 saturated carbocycles. The second kappa shape index (κ2) is 4.37. The fraction of sp³-hybridized carbons (Fsp3) is 0. The highest BCUT2D eigenvalue weighted by Gasteiger charge is 2.14. The lowest BCUT2D eigenvalue weighted by atomic mass is 10.2. The molecule has 0 aliphatic carbocycles. The van der Waals surface area contributed by atoms with Crippen molar-refractivity contribution in [2.45, 2.75) is 0 Å². The lowest BCUT2D eigenvalue weighted by Crippen LogP contribution is -1.86. The molecular formula is C13H7ClN2O3. The van der Waals surface area contributed by atoms with Crippen molar-refractivity contribution in [1.82, 2.24) is 4.98 Å². The van der Waals surface area contributed by atoms with Crippen molar-refractivity contribution in [2.75, 3.05) is 0 Å². The highest BCUT2D eigenvalue weighted by atomic mass is 35.5. The molecule has 0 amide bonds. The molecule has 0 radical (unpaired) electrons. The van der Waals surface area contributed by atoms with Crippen LogP contribution in [-0.4, -0.2) is 9.91 Å². The van der Waals surface area contributed by atoms with Crippen LogP contribution in [0.3, 0.4) is 0 Å². The van der Waals surface area contributed by atoms with Crippen LogP contribution in [0.25, 0.3) is 22.6 Å². The van der Waals surface area contributed by atoms with E-state index >= 15 is 0 Å². The Labute approximate surface area is 112 Å². The van der Waals surface area contributed by atoms with Crippen LogP contribution in [0.4, 0.5) is 5.69 Å². The van der Waals surface area contributed by atoms with E-state index in [-0.39, 0.29) is 5.69 Å². The Balaban J connectivity index is 2.17. The fourth-order valence-electron chi connectivity index (χ4n) is 1.78. The number of oxazole rings is 1. The number of hydrogen-bond acceptors (Lipinski definition) is 4. The van der Waals surface area contributed by atoms with Gasteiger partial charge in [-0.1, -0.05) is 23.7 Å². The number of nitro groups is 1. The highest BCUT2D eigenvalue weighted by Crippen LogP contribution is 2.30. The van der Waals surface area contributed by atoms with Gasteiger partial charge in [0, 0.05) is 6.07 Å². The zero-order chi connectivity index (χ0) is 13.4. The minimum atomic E-state index is -0.475. The average molecular weight is 275 g/mol. The predicted molar refractivity (Wildman–Crippen MR) is 71.1 cm³/mol. The SMILES string of the molecule is O=[N+]([O-])c1ccc2nc(-c3ccccc3Cl)oc2c1. The molecule has 1 aromatic heterocycles. The van der Waals surface area contributed by atoms with Gasteiger partial charge in [-0.15, -0.1) is 0 Å². The standard InChI is InChI=1S/C13H7ClN2O3/c14-10-4-2-1-3-9(10)13-15-11-6-5-8(16(17)18)7-12(11)19-13/h1-7H. The van der Waals surface area contributed by atoms with Gasteiger partial charge in [0.1, 0.15) is 5.52 Å². The second-order valence-corrected chi connectivity index (χ2v) is 4.32. The Bertz CT molecular complexity index is 782. The van der Waals surface area contributed by atoms with Crippen LogP contribution >= 0.6 is 11.6 Å². The van der Waals surface area contributed by atoms with Crippen LogP contribution in [-0.2, 0) is 0 Å². The zero-order valence-electron chi connectivity index (χ0n) is 9.54. The first kappa shape index (κ1) is 11.7. The van der Waals surface area contributed by atoms with E-state index in [4.69, 9.17) is 16.0 Å². The predicted octanol–water partition coefficient (Wildman–Crippen LogP) is 4.06. The van der Waals surface area contributed by atoms with Crippen LogP contribution < -0.4 is 0 Å². The van der Waals surface area contributed by atoms with Gasteiger partial charge >= 0.3 is 0 Å². The third kappa shape index (κ3) is 2.04. The van der Waals surface area contributed by atoms with E-state index in [0.29, 0.717) is 27.6 Å². The molecule has 94 valence electrons. The number of non-ortho nitro benzene ring substituents is 1. The maximum Gasteiger partial charge on any atom is 0.273 e. The number of rotatable bonds is 2. The molecule has 0 spiro atoms. The lowest BCUT2D eigenvalue weighted by molar-refractivity contribution is -0.384. The molecule has 0 saturated heterocycles. The molecule has 3 rings (SSSR count). The van der Waals surface area contributed by atoms with Gasteiger partial charge < -0.3 is 4.42 Å². The van der Waals surface area contributed by atoms with Gasteiger partial charge in [0.25, 0.3) is 5.69 Å². The number of hydrogen-bond donors (Lipinski definition) is 0. The first-order valence-corrected chi connectivity index (χ1v) is 5.83. The van der Waals surface area contributed by atoms with Crippen molar-refractivity contribution < 1.29 is 9.34 Å². The van der Waals surface area contributed by atoms with Crippen LogP contribution in [0.15, 0.2) is 46.9 Å². The van der Waals surface area contributed by atoms with Crippen molar-refractivity contribution >= 4 is 28.4 Å². The van der Waals surface area contributed by atoms with E-state index in [2.05, 4.69) is 4.98 Å². The number of aromatic nitrogens is 1. The molecule has 1 heterocycles. The number of nitro benzene ring substituents is 1. The summed E-state index contributed by atoms with van der Waals surface area (Å²) in [7, 11) is 0. The molecule has 0 aliphatic rings. The number of halogens is 1. The number of benzene rings is 2.